The van der Waals surface area contributed by atoms with Gasteiger partial charge in [-0.2, -0.15) is 0 Å². The molecule has 0 heterocycles. The quantitative estimate of drug-likeness (QED) is 0.639. The lowest BCUT2D eigenvalue weighted by atomic mass is 9.74. The van der Waals surface area contributed by atoms with Gasteiger partial charge in [-0.15, -0.1) is 0 Å². The van der Waals surface area contributed by atoms with E-state index in [0.717, 1.165) is 17.2 Å². The number of nitrogen functional groups attached to an aromatic ring is 1. The fourth-order valence-corrected chi connectivity index (χ4v) is 3.66. The van der Waals surface area contributed by atoms with Gasteiger partial charge in [-0.25, -0.2) is 0 Å². The van der Waals surface area contributed by atoms with Crippen LogP contribution in [0.5, 0.6) is 0 Å². The lowest BCUT2D eigenvalue weighted by Gasteiger charge is -2.38. The molecule has 0 unspecified atom stereocenters. The van der Waals surface area contributed by atoms with Crippen molar-refractivity contribution in [1.82, 2.24) is 0 Å². The van der Waals surface area contributed by atoms with E-state index in [1.54, 1.807) is 0 Å². The average molecular weight is 318 g/mol. The van der Waals surface area contributed by atoms with Crippen LogP contribution >= 0.6 is 0 Å². The highest BCUT2D eigenvalue weighted by atomic mass is 16.5. The Morgan fingerprint density at radius 2 is 2.13 bits per heavy atom. The minimum atomic E-state index is -0.244. The first-order valence-electron chi connectivity index (χ1n) is 8.62. The first-order valence-corrected chi connectivity index (χ1v) is 8.62. The van der Waals surface area contributed by atoms with Crippen LogP contribution in [0.1, 0.15) is 45.6 Å². The summed E-state index contributed by atoms with van der Waals surface area (Å²) in [6, 6.07) is 6.28. The molecule has 1 aliphatic rings. The maximum absolute atomic E-state index is 11.4. The number of carbonyl (C=O) groups excluding carboxylic acids is 1. The Hall–Kier alpha value is -1.71. The Balaban J connectivity index is 2.10. The molecule has 1 aromatic carbocycles. The van der Waals surface area contributed by atoms with Gasteiger partial charge < -0.3 is 15.8 Å². The summed E-state index contributed by atoms with van der Waals surface area (Å²) in [7, 11) is 1.40. The molecule has 0 bridgehead atoms. The van der Waals surface area contributed by atoms with E-state index in [1.807, 2.05) is 18.2 Å². The summed E-state index contributed by atoms with van der Waals surface area (Å²) in [6.45, 7) is 6.93. The van der Waals surface area contributed by atoms with Gasteiger partial charge >= 0.3 is 5.97 Å². The van der Waals surface area contributed by atoms with Gasteiger partial charge in [0.1, 0.15) is 0 Å². The van der Waals surface area contributed by atoms with E-state index in [-0.39, 0.29) is 12.4 Å². The number of carbonyl (C=O) groups is 1. The predicted octanol–water partition coefficient (Wildman–Crippen LogP) is 3.86. The standard InChI is InChI=1S/C19H30N2O2/c1-12(2)15-7-5-13(3)9-18(15)21-17-8-6-14(10-16(17)20)11-19(22)23-4/h6,8,10,12-13,15,18,21H,5,7,9,11,20H2,1-4H3/t13-,15+,18-/m1/s1. The van der Waals surface area contributed by atoms with Crippen molar-refractivity contribution in [3.63, 3.8) is 0 Å². The van der Waals surface area contributed by atoms with Gasteiger partial charge in [-0.05, 0) is 48.3 Å². The molecule has 4 nitrogen and oxygen atoms in total. The van der Waals surface area contributed by atoms with Crippen LogP contribution in [0.2, 0.25) is 0 Å². The molecule has 1 aromatic rings. The molecular formula is C19H30N2O2. The molecule has 3 atom stereocenters. The van der Waals surface area contributed by atoms with Gasteiger partial charge in [0, 0.05) is 6.04 Å². The largest absolute Gasteiger partial charge is 0.469 e. The Morgan fingerprint density at radius 3 is 2.74 bits per heavy atom. The van der Waals surface area contributed by atoms with Crippen molar-refractivity contribution in [2.45, 2.75) is 52.5 Å². The van der Waals surface area contributed by atoms with Crippen molar-refractivity contribution in [1.29, 1.82) is 0 Å². The zero-order chi connectivity index (χ0) is 17.0. The molecule has 0 radical (unpaired) electrons. The van der Waals surface area contributed by atoms with E-state index in [9.17, 15) is 4.79 Å². The summed E-state index contributed by atoms with van der Waals surface area (Å²) in [6.07, 6.45) is 4.04. The van der Waals surface area contributed by atoms with Gasteiger partial charge in [0.15, 0.2) is 0 Å². The second kappa shape index (κ2) is 7.71. The highest BCUT2D eigenvalue weighted by Gasteiger charge is 2.30. The molecule has 3 N–H and O–H groups in total. The summed E-state index contributed by atoms with van der Waals surface area (Å²) in [5, 5.41) is 3.66. The van der Waals surface area contributed by atoms with Crippen LogP contribution < -0.4 is 11.1 Å². The third-order valence-electron chi connectivity index (χ3n) is 5.06. The molecule has 0 saturated heterocycles. The average Bonchev–Trinajstić information content (AvgIpc) is 2.49. The van der Waals surface area contributed by atoms with Crippen LogP contribution in [0.25, 0.3) is 0 Å². The lowest BCUT2D eigenvalue weighted by Crippen LogP contribution is -2.38. The highest BCUT2D eigenvalue weighted by molar-refractivity contribution is 5.75. The number of esters is 1. The maximum Gasteiger partial charge on any atom is 0.309 e. The monoisotopic (exact) mass is 318 g/mol. The lowest BCUT2D eigenvalue weighted by molar-refractivity contribution is -0.139. The van der Waals surface area contributed by atoms with Crippen LogP contribution in [-0.4, -0.2) is 19.1 Å². The van der Waals surface area contributed by atoms with Crippen LogP contribution in [0.4, 0.5) is 11.4 Å². The Kier molecular flexibility index (Phi) is 5.91. The minimum absolute atomic E-state index is 0.244. The van der Waals surface area contributed by atoms with E-state index in [4.69, 9.17) is 10.5 Å². The van der Waals surface area contributed by atoms with Crippen molar-refractivity contribution in [2.24, 2.45) is 17.8 Å². The number of nitrogens with two attached hydrogens (primary N) is 1. The molecule has 0 aliphatic heterocycles. The Morgan fingerprint density at radius 1 is 1.39 bits per heavy atom. The van der Waals surface area contributed by atoms with Gasteiger partial charge in [0.2, 0.25) is 0 Å². The van der Waals surface area contributed by atoms with E-state index in [0.29, 0.717) is 23.6 Å². The number of methoxy groups -OCH3 is 1. The summed E-state index contributed by atoms with van der Waals surface area (Å²) >= 11 is 0. The highest BCUT2D eigenvalue weighted by Crippen LogP contribution is 2.36. The Bertz CT molecular complexity index is 542. The predicted molar refractivity (Wildman–Crippen MR) is 95.3 cm³/mol. The molecule has 0 aromatic heterocycles. The number of ether oxygens (including phenoxy) is 1. The first kappa shape index (κ1) is 17.6. The van der Waals surface area contributed by atoms with Crippen molar-refractivity contribution < 1.29 is 9.53 Å². The van der Waals surface area contributed by atoms with E-state index < -0.39 is 0 Å². The summed E-state index contributed by atoms with van der Waals surface area (Å²) in [4.78, 5) is 11.4. The Labute approximate surface area is 139 Å². The molecule has 1 aliphatic carbocycles. The molecule has 0 spiro atoms. The van der Waals surface area contributed by atoms with Crippen molar-refractivity contribution in [2.75, 3.05) is 18.2 Å². The second-order valence-corrected chi connectivity index (χ2v) is 7.25. The zero-order valence-electron chi connectivity index (χ0n) is 14.8. The second-order valence-electron chi connectivity index (χ2n) is 7.25. The molecule has 1 saturated carbocycles. The summed E-state index contributed by atoms with van der Waals surface area (Å²) in [5.41, 5.74) is 8.76. The minimum Gasteiger partial charge on any atom is -0.469 e. The smallest absolute Gasteiger partial charge is 0.309 e. The molecule has 0 amide bonds. The van der Waals surface area contributed by atoms with Crippen molar-refractivity contribution in [3.8, 4) is 0 Å². The van der Waals surface area contributed by atoms with Crippen LogP contribution in [-0.2, 0) is 16.0 Å². The third-order valence-corrected chi connectivity index (χ3v) is 5.06. The third kappa shape index (κ3) is 4.63. The number of hydrogen-bond donors (Lipinski definition) is 2. The van der Waals surface area contributed by atoms with Gasteiger partial charge in [-0.1, -0.05) is 33.3 Å². The zero-order valence-corrected chi connectivity index (χ0v) is 14.8. The van der Waals surface area contributed by atoms with Gasteiger partial charge in [-0.3, -0.25) is 4.79 Å². The fourth-order valence-electron chi connectivity index (χ4n) is 3.66. The SMILES string of the molecule is COC(=O)Cc1ccc(N[C@@H]2C[C@H](C)CC[C@H]2C(C)C)c(N)c1. The van der Waals surface area contributed by atoms with Gasteiger partial charge in [0.05, 0.1) is 24.9 Å². The van der Waals surface area contributed by atoms with E-state index >= 15 is 0 Å². The number of hydrogen-bond acceptors (Lipinski definition) is 4. The first-order chi connectivity index (χ1) is 10.9. The molecule has 23 heavy (non-hydrogen) atoms. The number of benzene rings is 1. The number of rotatable bonds is 5. The molecule has 2 rings (SSSR count). The molecule has 128 valence electrons. The van der Waals surface area contributed by atoms with Crippen LogP contribution in [0.15, 0.2) is 18.2 Å². The maximum atomic E-state index is 11.4. The number of nitrogens with one attached hydrogen (secondary N) is 1. The molecule has 1 fully saturated rings. The normalized spacial score (nSPS) is 24.5. The van der Waals surface area contributed by atoms with E-state index in [2.05, 4.69) is 26.1 Å². The fraction of sp³-hybridized carbons (Fsp3) is 0.632. The van der Waals surface area contributed by atoms with Crippen molar-refractivity contribution >= 4 is 17.3 Å². The van der Waals surface area contributed by atoms with E-state index in [1.165, 1.54) is 26.4 Å². The van der Waals surface area contributed by atoms with Crippen LogP contribution in [0.3, 0.4) is 0 Å². The number of anilines is 2. The van der Waals surface area contributed by atoms with Gasteiger partial charge in [0.25, 0.3) is 0 Å². The van der Waals surface area contributed by atoms with Crippen molar-refractivity contribution in [3.05, 3.63) is 23.8 Å². The summed E-state index contributed by atoms with van der Waals surface area (Å²) < 4.78 is 4.70. The van der Waals surface area contributed by atoms with Crippen LogP contribution in [0, 0.1) is 17.8 Å². The summed E-state index contributed by atoms with van der Waals surface area (Å²) in [5.74, 6) is 1.86. The molecule has 4 heteroatoms. The molecular weight excluding hydrogens is 288 g/mol. The topological polar surface area (TPSA) is 64.3 Å².